The molecule has 122 valence electrons. The number of para-hydroxylation sites is 1. The predicted molar refractivity (Wildman–Crippen MR) is 85.8 cm³/mol. The molecule has 1 aliphatic heterocycles. The SMILES string of the molecule is CCC(NC(CC)c1ccccc1O)C(=O)N1CCOCC1. The van der Waals surface area contributed by atoms with Crippen molar-refractivity contribution < 1.29 is 14.6 Å². The monoisotopic (exact) mass is 306 g/mol. The molecule has 1 amide bonds. The van der Waals surface area contributed by atoms with Gasteiger partial charge in [0, 0.05) is 24.7 Å². The van der Waals surface area contributed by atoms with Gasteiger partial charge >= 0.3 is 0 Å². The van der Waals surface area contributed by atoms with Crippen LogP contribution >= 0.6 is 0 Å². The predicted octanol–water partition coefficient (Wildman–Crippen LogP) is 2.07. The molecule has 1 fully saturated rings. The number of phenols is 1. The number of nitrogens with one attached hydrogen (secondary N) is 1. The van der Waals surface area contributed by atoms with Gasteiger partial charge in [-0.1, -0.05) is 32.0 Å². The standard InChI is InChI=1S/C17H26N2O3/c1-3-14(13-7-5-6-8-16(13)20)18-15(4-2)17(21)19-9-11-22-12-10-19/h5-8,14-15,18,20H,3-4,9-12H2,1-2H3. The molecule has 2 atom stereocenters. The Labute approximate surface area is 132 Å². The zero-order valence-corrected chi connectivity index (χ0v) is 13.4. The summed E-state index contributed by atoms with van der Waals surface area (Å²) in [5.41, 5.74) is 0.846. The average Bonchev–Trinajstić information content (AvgIpc) is 2.57. The molecule has 1 heterocycles. The smallest absolute Gasteiger partial charge is 0.239 e. The minimum Gasteiger partial charge on any atom is -0.508 e. The minimum atomic E-state index is -0.234. The average molecular weight is 306 g/mol. The van der Waals surface area contributed by atoms with Gasteiger partial charge in [-0.2, -0.15) is 0 Å². The second-order valence-electron chi connectivity index (χ2n) is 5.58. The van der Waals surface area contributed by atoms with Gasteiger partial charge in [0.2, 0.25) is 5.91 Å². The van der Waals surface area contributed by atoms with Crippen molar-refractivity contribution in [2.75, 3.05) is 26.3 Å². The topological polar surface area (TPSA) is 61.8 Å². The Morgan fingerprint density at radius 3 is 2.55 bits per heavy atom. The highest BCUT2D eigenvalue weighted by Crippen LogP contribution is 2.26. The van der Waals surface area contributed by atoms with Crippen LogP contribution < -0.4 is 5.32 Å². The van der Waals surface area contributed by atoms with Crippen LogP contribution in [0.3, 0.4) is 0 Å². The summed E-state index contributed by atoms with van der Waals surface area (Å²) in [7, 11) is 0. The second kappa shape index (κ2) is 8.15. The Balaban J connectivity index is 2.07. The molecule has 0 bridgehead atoms. The van der Waals surface area contributed by atoms with E-state index in [1.54, 1.807) is 6.07 Å². The first kappa shape index (κ1) is 16.8. The van der Waals surface area contributed by atoms with E-state index in [0.29, 0.717) is 26.3 Å². The molecule has 1 saturated heterocycles. The number of rotatable bonds is 6. The van der Waals surface area contributed by atoms with Crippen LogP contribution in [0.1, 0.15) is 38.3 Å². The third kappa shape index (κ3) is 3.99. The van der Waals surface area contributed by atoms with E-state index in [4.69, 9.17) is 4.74 Å². The van der Waals surface area contributed by atoms with Crippen molar-refractivity contribution in [3.63, 3.8) is 0 Å². The molecule has 5 heteroatoms. The third-order valence-electron chi connectivity index (χ3n) is 4.15. The number of amides is 1. The van der Waals surface area contributed by atoms with Crippen LogP contribution in [0, 0.1) is 0 Å². The molecule has 1 aliphatic rings. The van der Waals surface area contributed by atoms with E-state index in [2.05, 4.69) is 12.2 Å². The first-order chi connectivity index (χ1) is 10.7. The first-order valence-electron chi connectivity index (χ1n) is 8.07. The zero-order chi connectivity index (χ0) is 15.9. The molecular formula is C17H26N2O3. The van der Waals surface area contributed by atoms with E-state index >= 15 is 0 Å². The molecule has 0 spiro atoms. The van der Waals surface area contributed by atoms with Gasteiger partial charge in [-0.25, -0.2) is 0 Å². The van der Waals surface area contributed by atoms with Crippen LogP contribution in [0.5, 0.6) is 5.75 Å². The molecule has 2 unspecified atom stereocenters. The number of carbonyl (C=O) groups is 1. The summed E-state index contributed by atoms with van der Waals surface area (Å²) in [5.74, 6) is 0.398. The van der Waals surface area contributed by atoms with Crippen molar-refractivity contribution in [2.24, 2.45) is 0 Å². The van der Waals surface area contributed by atoms with E-state index in [1.165, 1.54) is 0 Å². The van der Waals surface area contributed by atoms with Gasteiger partial charge in [-0.05, 0) is 18.9 Å². The Hall–Kier alpha value is -1.59. The van der Waals surface area contributed by atoms with Crippen LogP contribution in [-0.2, 0) is 9.53 Å². The molecule has 2 N–H and O–H groups in total. The van der Waals surface area contributed by atoms with E-state index in [0.717, 1.165) is 18.4 Å². The molecule has 2 rings (SSSR count). The molecule has 0 saturated carbocycles. The summed E-state index contributed by atoms with van der Waals surface area (Å²) in [4.78, 5) is 14.5. The molecular weight excluding hydrogens is 280 g/mol. The van der Waals surface area contributed by atoms with Crippen LogP contribution in [-0.4, -0.2) is 48.3 Å². The summed E-state index contributed by atoms with van der Waals surface area (Å²) in [6.45, 7) is 6.59. The maximum absolute atomic E-state index is 12.6. The lowest BCUT2D eigenvalue weighted by Gasteiger charge is -2.32. The molecule has 0 aliphatic carbocycles. The number of carbonyl (C=O) groups excluding carboxylic acids is 1. The summed E-state index contributed by atoms with van der Waals surface area (Å²) in [5, 5.41) is 13.4. The fraction of sp³-hybridized carbons (Fsp3) is 0.588. The lowest BCUT2D eigenvalue weighted by molar-refractivity contribution is -0.137. The van der Waals surface area contributed by atoms with Gasteiger partial charge in [0.15, 0.2) is 0 Å². The quantitative estimate of drug-likeness (QED) is 0.844. The lowest BCUT2D eigenvalue weighted by atomic mass is 10.0. The highest BCUT2D eigenvalue weighted by Gasteiger charge is 2.27. The number of ether oxygens (including phenoxy) is 1. The van der Waals surface area contributed by atoms with Crippen molar-refractivity contribution in [3.8, 4) is 5.75 Å². The number of phenolic OH excluding ortho intramolecular Hbond substituents is 1. The van der Waals surface area contributed by atoms with E-state index in [-0.39, 0.29) is 23.7 Å². The maximum Gasteiger partial charge on any atom is 0.239 e. The molecule has 0 aromatic heterocycles. The molecule has 0 radical (unpaired) electrons. The summed E-state index contributed by atoms with van der Waals surface area (Å²) >= 11 is 0. The highest BCUT2D eigenvalue weighted by molar-refractivity contribution is 5.82. The van der Waals surface area contributed by atoms with Crippen molar-refractivity contribution in [2.45, 2.75) is 38.8 Å². The summed E-state index contributed by atoms with van der Waals surface area (Å²) < 4.78 is 5.30. The molecule has 1 aromatic rings. The second-order valence-corrected chi connectivity index (χ2v) is 5.58. The number of benzene rings is 1. The maximum atomic E-state index is 12.6. The first-order valence-corrected chi connectivity index (χ1v) is 8.07. The fourth-order valence-corrected chi connectivity index (χ4v) is 2.82. The third-order valence-corrected chi connectivity index (χ3v) is 4.15. The number of hydrogen-bond donors (Lipinski definition) is 2. The lowest BCUT2D eigenvalue weighted by Crippen LogP contribution is -2.50. The van der Waals surface area contributed by atoms with Gasteiger partial charge < -0.3 is 14.7 Å². The van der Waals surface area contributed by atoms with Crippen molar-refractivity contribution in [3.05, 3.63) is 29.8 Å². The van der Waals surface area contributed by atoms with Crippen LogP contribution in [0.15, 0.2) is 24.3 Å². The fourth-order valence-electron chi connectivity index (χ4n) is 2.82. The molecule has 5 nitrogen and oxygen atoms in total. The zero-order valence-electron chi connectivity index (χ0n) is 13.4. The number of aromatic hydroxyl groups is 1. The van der Waals surface area contributed by atoms with Gasteiger partial charge in [0.25, 0.3) is 0 Å². The minimum absolute atomic E-state index is 0.0314. The molecule has 1 aromatic carbocycles. The van der Waals surface area contributed by atoms with Crippen LogP contribution in [0.4, 0.5) is 0 Å². The van der Waals surface area contributed by atoms with Gasteiger partial charge in [-0.3, -0.25) is 10.1 Å². The van der Waals surface area contributed by atoms with Gasteiger partial charge in [0.1, 0.15) is 5.75 Å². The van der Waals surface area contributed by atoms with E-state index in [1.807, 2.05) is 30.0 Å². The van der Waals surface area contributed by atoms with Crippen LogP contribution in [0.2, 0.25) is 0 Å². The van der Waals surface area contributed by atoms with E-state index < -0.39 is 0 Å². The Bertz CT molecular complexity index is 487. The number of nitrogens with zero attached hydrogens (tertiary/aromatic N) is 1. The molecule has 22 heavy (non-hydrogen) atoms. The van der Waals surface area contributed by atoms with Crippen molar-refractivity contribution in [1.82, 2.24) is 10.2 Å². The Kier molecular flexibility index (Phi) is 6.21. The Morgan fingerprint density at radius 2 is 1.95 bits per heavy atom. The normalized spacial score (nSPS) is 18.0. The van der Waals surface area contributed by atoms with Crippen LogP contribution in [0.25, 0.3) is 0 Å². The summed E-state index contributed by atoms with van der Waals surface area (Å²) in [6, 6.07) is 7.04. The number of morpholine rings is 1. The largest absolute Gasteiger partial charge is 0.508 e. The van der Waals surface area contributed by atoms with Gasteiger partial charge in [0.05, 0.1) is 19.3 Å². The Morgan fingerprint density at radius 1 is 1.27 bits per heavy atom. The van der Waals surface area contributed by atoms with Crippen molar-refractivity contribution in [1.29, 1.82) is 0 Å². The number of hydrogen-bond acceptors (Lipinski definition) is 4. The highest BCUT2D eigenvalue weighted by atomic mass is 16.5. The van der Waals surface area contributed by atoms with Gasteiger partial charge in [-0.15, -0.1) is 0 Å². The summed E-state index contributed by atoms with van der Waals surface area (Å²) in [6.07, 6.45) is 1.53. The van der Waals surface area contributed by atoms with Crippen molar-refractivity contribution >= 4 is 5.91 Å². The van der Waals surface area contributed by atoms with E-state index in [9.17, 15) is 9.90 Å².